The number of rotatable bonds is 6. The number of aryl methyl sites for hydroxylation is 2. The van der Waals surface area contributed by atoms with Crippen LogP contribution in [0.1, 0.15) is 30.4 Å². The van der Waals surface area contributed by atoms with Gasteiger partial charge in [0, 0.05) is 37.1 Å². The first-order valence-corrected chi connectivity index (χ1v) is 12.5. The first kappa shape index (κ1) is 24.5. The third-order valence-electron chi connectivity index (χ3n) is 5.93. The minimum atomic E-state index is -4.07. The highest BCUT2D eigenvalue weighted by molar-refractivity contribution is 7.89. The Morgan fingerprint density at radius 2 is 1.97 bits per heavy atom. The van der Waals surface area contributed by atoms with Crippen molar-refractivity contribution in [3.8, 4) is 0 Å². The first-order chi connectivity index (χ1) is 15.0. The van der Waals surface area contributed by atoms with Crippen molar-refractivity contribution in [1.82, 2.24) is 19.4 Å². The van der Waals surface area contributed by atoms with Crippen LogP contribution in [0.15, 0.2) is 29.4 Å². The molecule has 2 aliphatic rings. The number of carbonyl (C=O) groups excluding carboxylic acids is 2. The summed E-state index contributed by atoms with van der Waals surface area (Å²) in [4.78, 5) is 29.7. The van der Waals surface area contributed by atoms with E-state index in [-0.39, 0.29) is 17.2 Å². The molecule has 1 aromatic carbocycles. The Kier molecular flexibility index (Phi) is 7.52. The molecule has 10 heteroatoms. The van der Waals surface area contributed by atoms with Gasteiger partial charge in [0.05, 0.1) is 11.3 Å². The molecule has 0 bridgehead atoms. The summed E-state index contributed by atoms with van der Waals surface area (Å²) in [6, 6.07) is 1.95. The standard InChI is InChI=1S/C22H31ClN4O4S/c1-15-11-20(16(2)10-18(15)23)32(30,31)27-9-7-24-22(29)19(27)12-21(28)26-8-5-6-17(14-26)13-25(3)4/h7,9-11,17,19H,5-6,8,12-14H2,1-4H3,(H,24,29)/t17-,19-/m1/s1. The summed E-state index contributed by atoms with van der Waals surface area (Å²) in [5.74, 6) is -0.370. The molecular formula is C22H31ClN4O4S. The molecular weight excluding hydrogens is 452 g/mol. The summed E-state index contributed by atoms with van der Waals surface area (Å²) in [6.07, 6.45) is 4.32. The highest BCUT2D eigenvalue weighted by atomic mass is 35.5. The fourth-order valence-corrected chi connectivity index (χ4v) is 6.30. The second kappa shape index (κ2) is 9.80. The van der Waals surface area contributed by atoms with Crippen molar-refractivity contribution in [2.45, 2.75) is 44.0 Å². The van der Waals surface area contributed by atoms with Gasteiger partial charge in [0.15, 0.2) is 0 Å². The fourth-order valence-electron chi connectivity index (χ4n) is 4.34. The maximum Gasteiger partial charge on any atom is 0.264 e. The monoisotopic (exact) mass is 482 g/mol. The maximum atomic E-state index is 13.5. The van der Waals surface area contributed by atoms with Crippen LogP contribution in [-0.4, -0.2) is 74.1 Å². The Labute approximate surface area is 195 Å². The molecule has 0 aliphatic carbocycles. The van der Waals surface area contributed by atoms with E-state index in [2.05, 4.69) is 10.2 Å². The fraction of sp³-hybridized carbons (Fsp3) is 0.545. The number of hydrogen-bond acceptors (Lipinski definition) is 5. The third-order valence-corrected chi connectivity index (χ3v) is 8.27. The predicted octanol–water partition coefficient (Wildman–Crippen LogP) is 2.11. The number of nitrogens with zero attached hydrogens (tertiary/aromatic N) is 3. The summed E-state index contributed by atoms with van der Waals surface area (Å²) < 4.78 is 28.0. The van der Waals surface area contributed by atoms with Crippen LogP contribution >= 0.6 is 11.6 Å². The van der Waals surface area contributed by atoms with Crippen molar-refractivity contribution < 1.29 is 18.0 Å². The van der Waals surface area contributed by atoms with E-state index < -0.39 is 22.0 Å². The summed E-state index contributed by atoms with van der Waals surface area (Å²) in [7, 11) is -0.0621. The van der Waals surface area contributed by atoms with Crippen molar-refractivity contribution in [3.05, 3.63) is 40.7 Å². The minimum Gasteiger partial charge on any atom is -0.342 e. The van der Waals surface area contributed by atoms with Crippen LogP contribution in [0, 0.1) is 19.8 Å². The van der Waals surface area contributed by atoms with Gasteiger partial charge < -0.3 is 15.1 Å². The van der Waals surface area contributed by atoms with Gasteiger partial charge in [-0.1, -0.05) is 11.6 Å². The van der Waals surface area contributed by atoms with Crippen molar-refractivity contribution in [3.63, 3.8) is 0 Å². The Balaban J connectivity index is 1.84. The molecule has 3 rings (SSSR count). The molecule has 8 nitrogen and oxygen atoms in total. The number of carbonyl (C=O) groups is 2. The average Bonchev–Trinajstić information content (AvgIpc) is 2.71. The molecule has 32 heavy (non-hydrogen) atoms. The molecule has 2 aliphatic heterocycles. The van der Waals surface area contributed by atoms with Crippen molar-refractivity contribution in [1.29, 1.82) is 0 Å². The van der Waals surface area contributed by atoms with Gasteiger partial charge in [-0.3, -0.25) is 13.9 Å². The van der Waals surface area contributed by atoms with Crippen molar-refractivity contribution in [2.75, 3.05) is 33.7 Å². The van der Waals surface area contributed by atoms with Crippen molar-refractivity contribution >= 4 is 33.4 Å². The van der Waals surface area contributed by atoms with Crippen molar-refractivity contribution in [2.24, 2.45) is 5.92 Å². The summed E-state index contributed by atoms with van der Waals surface area (Å²) in [5.41, 5.74) is 1.10. The smallest absolute Gasteiger partial charge is 0.264 e. The zero-order valence-corrected chi connectivity index (χ0v) is 20.5. The molecule has 2 amide bonds. The van der Waals surface area contributed by atoms with Gasteiger partial charge in [0.25, 0.3) is 10.0 Å². The summed E-state index contributed by atoms with van der Waals surface area (Å²) in [5, 5.41) is 3.01. The van der Waals surface area contributed by atoms with Crippen LogP contribution in [-0.2, 0) is 19.6 Å². The van der Waals surface area contributed by atoms with E-state index in [1.165, 1.54) is 18.5 Å². The molecule has 1 fully saturated rings. The molecule has 2 heterocycles. The molecule has 0 spiro atoms. The second-order valence-corrected chi connectivity index (χ2v) is 11.1. The molecule has 1 N–H and O–H groups in total. The van der Waals surface area contributed by atoms with Gasteiger partial charge in [-0.05, 0) is 70.0 Å². The topological polar surface area (TPSA) is 90.0 Å². The highest BCUT2D eigenvalue weighted by Crippen LogP contribution is 2.29. The van der Waals surface area contributed by atoms with E-state index in [0.717, 1.165) is 23.7 Å². The number of benzene rings is 1. The molecule has 176 valence electrons. The molecule has 0 unspecified atom stereocenters. The van der Waals surface area contributed by atoms with Crippen LogP contribution in [0.2, 0.25) is 5.02 Å². The van der Waals surface area contributed by atoms with E-state index >= 15 is 0 Å². The maximum absolute atomic E-state index is 13.5. The molecule has 1 saturated heterocycles. The average molecular weight is 483 g/mol. The van der Waals surface area contributed by atoms with Gasteiger partial charge in [-0.25, -0.2) is 8.42 Å². The molecule has 2 atom stereocenters. The minimum absolute atomic E-state index is 0.0696. The van der Waals surface area contributed by atoms with Gasteiger partial charge in [0.2, 0.25) is 11.8 Å². The van der Waals surface area contributed by atoms with Gasteiger partial charge >= 0.3 is 0 Å². The number of likely N-dealkylation sites (tertiary alicyclic amines) is 1. The Morgan fingerprint density at radius 1 is 1.25 bits per heavy atom. The number of amides is 2. The lowest BCUT2D eigenvalue weighted by Crippen LogP contribution is -2.52. The van der Waals surface area contributed by atoms with E-state index in [1.807, 2.05) is 14.1 Å². The quantitative estimate of drug-likeness (QED) is 0.670. The Morgan fingerprint density at radius 3 is 2.66 bits per heavy atom. The molecule has 0 radical (unpaired) electrons. The summed E-state index contributed by atoms with van der Waals surface area (Å²) >= 11 is 6.13. The van der Waals surface area contributed by atoms with Gasteiger partial charge in [0.1, 0.15) is 6.04 Å². The van der Waals surface area contributed by atoms with Crippen LogP contribution in [0.25, 0.3) is 0 Å². The SMILES string of the molecule is Cc1cc(S(=O)(=O)N2C=CNC(=O)[C@H]2CC(=O)N2CCC[C@H](CN(C)C)C2)c(C)cc1Cl. The number of hydrogen-bond donors (Lipinski definition) is 1. The van der Waals surface area contributed by atoms with Gasteiger partial charge in [-0.2, -0.15) is 0 Å². The Bertz CT molecular complexity index is 1030. The number of halogens is 1. The number of piperidine rings is 1. The zero-order valence-electron chi connectivity index (χ0n) is 19.0. The summed E-state index contributed by atoms with van der Waals surface area (Å²) in [6.45, 7) is 5.50. The van der Waals surface area contributed by atoms with E-state index in [0.29, 0.717) is 35.2 Å². The second-order valence-electron chi connectivity index (χ2n) is 8.86. The largest absolute Gasteiger partial charge is 0.342 e. The first-order valence-electron chi connectivity index (χ1n) is 10.7. The number of sulfonamides is 1. The van der Waals surface area contributed by atoms with Crippen LogP contribution in [0.3, 0.4) is 0 Å². The zero-order chi connectivity index (χ0) is 23.6. The van der Waals surface area contributed by atoms with E-state index in [4.69, 9.17) is 11.6 Å². The Hall–Kier alpha value is -2.10. The van der Waals surface area contributed by atoms with Crippen LogP contribution in [0.5, 0.6) is 0 Å². The lowest BCUT2D eigenvalue weighted by molar-refractivity contribution is -0.137. The van der Waals surface area contributed by atoms with Gasteiger partial charge in [-0.15, -0.1) is 0 Å². The lowest BCUT2D eigenvalue weighted by atomic mass is 9.97. The van der Waals surface area contributed by atoms with E-state index in [9.17, 15) is 18.0 Å². The molecule has 0 aromatic heterocycles. The normalized spacial score (nSPS) is 21.8. The predicted molar refractivity (Wildman–Crippen MR) is 123 cm³/mol. The van der Waals surface area contributed by atoms with E-state index in [1.54, 1.807) is 24.8 Å². The van der Waals surface area contributed by atoms with Crippen LogP contribution < -0.4 is 5.32 Å². The number of nitrogens with one attached hydrogen (secondary N) is 1. The van der Waals surface area contributed by atoms with Crippen LogP contribution in [0.4, 0.5) is 0 Å². The molecule has 1 aromatic rings. The third kappa shape index (κ3) is 5.27. The highest BCUT2D eigenvalue weighted by Gasteiger charge is 2.39. The lowest BCUT2D eigenvalue weighted by Gasteiger charge is -2.36. The molecule has 0 saturated carbocycles.